The lowest BCUT2D eigenvalue weighted by Crippen LogP contribution is -2.18. The Labute approximate surface area is 212 Å². The molecule has 0 spiro atoms. The molecule has 0 saturated heterocycles. The van der Waals surface area contributed by atoms with Crippen molar-refractivity contribution < 1.29 is 13.9 Å². The van der Waals surface area contributed by atoms with Gasteiger partial charge in [0.2, 0.25) is 0 Å². The molecule has 1 atom stereocenters. The van der Waals surface area contributed by atoms with Gasteiger partial charge in [0.15, 0.2) is 0 Å². The Morgan fingerprint density at radius 1 is 0.943 bits per heavy atom. The maximum Gasteiger partial charge on any atom is 0.0897 e. The summed E-state index contributed by atoms with van der Waals surface area (Å²) in [5.74, 6) is 1.14. The minimum atomic E-state index is -2.09. The summed E-state index contributed by atoms with van der Waals surface area (Å²) < 4.78 is 21.8. The van der Waals surface area contributed by atoms with E-state index < -0.39 is 11.1 Å². The summed E-state index contributed by atoms with van der Waals surface area (Å²) in [5.41, 5.74) is 7.60. The second-order valence-corrected chi connectivity index (χ2v) is 10.8. The minimum Gasteiger partial charge on any atom is -0.772 e. The number of aliphatic hydroxyl groups is 1. The Bertz CT molecular complexity index is 1330. The van der Waals surface area contributed by atoms with Crippen molar-refractivity contribution in [1.82, 2.24) is 9.97 Å². The molecule has 1 aliphatic carbocycles. The van der Waals surface area contributed by atoms with E-state index in [9.17, 15) is 13.9 Å². The molecule has 0 aliphatic heterocycles. The molecule has 4 aromatic rings. The lowest BCUT2D eigenvalue weighted by Gasteiger charge is -2.26. The van der Waals surface area contributed by atoms with Gasteiger partial charge in [-0.2, -0.15) is 0 Å². The Morgan fingerprint density at radius 2 is 1.54 bits per heavy atom. The van der Waals surface area contributed by atoms with Crippen LogP contribution in [0.4, 0.5) is 0 Å². The minimum absolute atomic E-state index is 0.0254. The van der Waals surface area contributed by atoms with Gasteiger partial charge in [0.1, 0.15) is 0 Å². The average Bonchev–Trinajstić information content (AvgIpc) is 3.25. The van der Waals surface area contributed by atoms with Gasteiger partial charge in [-0.05, 0) is 72.8 Å². The Hall–Kier alpha value is -2.51. The highest BCUT2D eigenvalue weighted by molar-refractivity contribution is 7.78. The van der Waals surface area contributed by atoms with Crippen LogP contribution in [0.25, 0.3) is 33.4 Å². The molecule has 35 heavy (non-hydrogen) atoms. The number of H-pyrrole nitrogens is 1. The first-order chi connectivity index (χ1) is 17.0. The number of fused-ring (bicyclic) bond motifs is 1. The van der Waals surface area contributed by atoms with Crippen LogP contribution in [-0.2, 0) is 23.3 Å². The highest BCUT2D eigenvalue weighted by Gasteiger charge is 2.21. The smallest absolute Gasteiger partial charge is 0.0897 e. The van der Waals surface area contributed by atoms with Crippen molar-refractivity contribution >= 4 is 33.7 Å². The van der Waals surface area contributed by atoms with Crippen molar-refractivity contribution in [3.8, 4) is 22.4 Å². The average molecular weight is 508 g/mol. The van der Waals surface area contributed by atoms with Crippen LogP contribution in [0.2, 0.25) is 5.02 Å². The first-order valence-corrected chi connectivity index (χ1v) is 13.7. The third-order valence-electron chi connectivity index (χ3n) is 7.07. The maximum absolute atomic E-state index is 10.9. The molecule has 0 amide bonds. The van der Waals surface area contributed by atoms with Gasteiger partial charge < -0.3 is 14.6 Å². The van der Waals surface area contributed by atoms with E-state index in [1.165, 1.54) is 5.69 Å². The highest BCUT2D eigenvalue weighted by Crippen LogP contribution is 2.34. The molecule has 1 fully saturated rings. The second kappa shape index (κ2) is 10.6. The van der Waals surface area contributed by atoms with Crippen LogP contribution in [0.5, 0.6) is 0 Å². The molecular formula is C28H28ClN2O3S-. The summed E-state index contributed by atoms with van der Waals surface area (Å²) in [6, 6.07) is 19.7. The lowest BCUT2D eigenvalue weighted by molar-refractivity contribution is 0.167. The fourth-order valence-electron chi connectivity index (χ4n) is 5.08. The third-order valence-corrected chi connectivity index (χ3v) is 7.93. The number of benzene rings is 2. The third kappa shape index (κ3) is 5.67. The maximum atomic E-state index is 10.9. The van der Waals surface area contributed by atoms with Crippen molar-refractivity contribution in [2.45, 2.75) is 37.9 Å². The van der Waals surface area contributed by atoms with Gasteiger partial charge in [0.05, 0.1) is 21.7 Å². The zero-order chi connectivity index (χ0) is 24.4. The number of rotatable bonds is 7. The van der Waals surface area contributed by atoms with Gasteiger partial charge in [-0.25, -0.2) is 4.98 Å². The van der Waals surface area contributed by atoms with E-state index in [1.807, 2.05) is 54.6 Å². The van der Waals surface area contributed by atoms with Crippen LogP contribution in [0.1, 0.15) is 36.9 Å². The molecule has 2 aromatic carbocycles. The summed E-state index contributed by atoms with van der Waals surface area (Å²) in [7, 11) is 0. The van der Waals surface area contributed by atoms with Crippen molar-refractivity contribution in [2.24, 2.45) is 11.8 Å². The first kappa shape index (κ1) is 24.2. The predicted octanol–water partition coefficient (Wildman–Crippen LogP) is 6.27. The van der Waals surface area contributed by atoms with Crippen molar-refractivity contribution in [3.05, 3.63) is 76.9 Å². The molecule has 2 aromatic heterocycles. The molecule has 5 nitrogen and oxygen atoms in total. The van der Waals surface area contributed by atoms with E-state index in [1.54, 1.807) is 0 Å². The number of nitrogens with zero attached hydrogens (tertiary/aromatic N) is 1. The van der Waals surface area contributed by atoms with E-state index in [-0.39, 0.29) is 5.75 Å². The highest BCUT2D eigenvalue weighted by atomic mass is 35.5. The molecule has 0 radical (unpaired) electrons. The van der Waals surface area contributed by atoms with E-state index in [2.05, 4.69) is 11.1 Å². The quantitative estimate of drug-likeness (QED) is 0.288. The Balaban J connectivity index is 1.33. The van der Waals surface area contributed by atoms with E-state index in [0.717, 1.165) is 71.1 Å². The van der Waals surface area contributed by atoms with Gasteiger partial charge >= 0.3 is 0 Å². The van der Waals surface area contributed by atoms with E-state index in [0.29, 0.717) is 23.5 Å². The number of hydrogen-bond acceptors (Lipinski definition) is 4. The molecule has 5 rings (SSSR count). The summed E-state index contributed by atoms with van der Waals surface area (Å²) in [6.45, 7) is 0.309. The summed E-state index contributed by atoms with van der Waals surface area (Å²) >= 11 is 4.54. The van der Waals surface area contributed by atoms with Gasteiger partial charge in [-0.15, -0.1) is 0 Å². The van der Waals surface area contributed by atoms with Crippen LogP contribution >= 0.6 is 11.6 Å². The molecule has 1 unspecified atom stereocenters. The molecule has 182 valence electrons. The van der Waals surface area contributed by atoms with Crippen LogP contribution in [0.15, 0.2) is 60.7 Å². The fraction of sp³-hybridized carbons (Fsp3) is 0.321. The summed E-state index contributed by atoms with van der Waals surface area (Å²) in [5, 5.41) is 9.98. The summed E-state index contributed by atoms with van der Waals surface area (Å²) in [4.78, 5) is 8.37. The number of aliphatic hydroxyl groups excluding tert-OH is 1. The monoisotopic (exact) mass is 507 g/mol. The predicted molar refractivity (Wildman–Crippen MR) is 141 cm³/mol. The van der Waals surface area contributed by atoms with E-state index in [4.69, 9.17) is 16.6 Å². The topological polar surface area (TPSA) is 89.0 Å². The van der Waals surface area contributed by atoms with Crippen molar-refractivity contribution in [3.63, 3.8) is 0 Å². The molecule has 1 aliphatic rings. The lowest BCUT2D eigenvalue weighted by atomic mass is 9.80. The van der Waals surface area contributed by atoms with Gasteiger partial charge in [0, 0.05) is 23.6 Å². The van der Waals surface area contributed by atoms with Crippen LogP contribution in [0, 0.1) is 11.8 Å². The van der Waals surface area contributed by atoms with Gasteiger partial charge in [0.25, 0.3) is 0 Å². The number of aromatic nitrogens is 2. The van der Waals surface area contributed by atoms with Crippen LogP contribution in [-0.4, -0.2) is 30.4 Å². The fourth-order valence-corrected chi connectivity index (χ4v) is 5.80. The zero-order valence-electron chi connectivity index (χ0n) is 19.4. The largest absolute Gasteiger partial charge is 0.772 e. The molecular weight excluding hydrogens is 480 g/mol. The molecule has 0 bridgehead atoms. The Morgan fingerprint density at radius 3 is 2.17 bits per heavy atom. The van der Waals surface area contributed by atoms with Crippen LogP contribution < -0.4 is 0 Å². The van der Waals surface area contributed by atoms with Gasteiger partial charge in [-0.3, -0.25) is 4.21 Å². The van der Waals surface area contributed by atoms with Crippen molar-refractivity contribution in [1.29, 1.82) is 0 Å². The number of aromatic amines is 1. The number of pyridine rings is 1. The second-order valence-electron chi connectivity index (χ2n) is 9.54. The molecule has 2 heterocycles. The standard InChI is InChI=1S/C28H29ClN2O3S/c29-25-15-27-26(14-24(30-27)13-18-1-3-19(16-32)4-2-18)31-28(25)23-11-9-22(10-12-23)21-7-5-20(6-8-21)17-35(33)34/h5-12,14-15,18-19,30,32H,1-4,13,16-17H2,(H,33,34)/p-1. The molecule has 2 N–H and O–H groups in total. The molecule has 7 heteroatoms. The van der Waals surface area contributed by atoms with Crippen LogP contribution in [0.3, 0.4) is 0 Å². The van der Waals surface area contributed by atoms with E-state index >= 15 is 0 Å². The summed E-state index contributed by atoms with van der Waals surface area (Å²) in [6.07, 6.45) is 5.54. The Kier molecular flexibility index (Phi) is 7.35. The molecule has 1 saturated carbocycles. The first-order valence-electron chi connectivity index (χ1n) is 12.0. The normalized spacial score (nSPS) is 19.2. The van der Waals surface area contributed by atoms with Crippen molar-refractivity contribution in [2.75, 3.05) is 6.61 Å². The van der Waals surface area contributed by atoms with Gasteiger partial charge in [-0.1, -0.05) is 71.2 Å². The SMILES string of the molecule is O=S([O-])Cc1ccc(-c2ccc(-c3nc4cc(CC5CCC(CO)CC5)[nH]c4cc3Cl)cc2)cc1. The zero-order valence-corrected chi connectivity index (χ0v) is 20.9. The number of nitrogens with one attached hydrogen (secondary N) is 1. The number of hydrogen-bond donors (Lipinski definition) is 2. The number of halogens is 1.